The SMILES string of the molecule is COc1cc2nc(N)n3nc([C@@H]4CCCN(c5cnn(CCCC(C)O)c5)C4)nc3c2cc1F. The largest absolute Gasteiger partial charge is 0.494 e. The van der Waals surface area contributed by atoms with Crippen molar-refractivity contribution in [2.75, 3.05) is 30.8 Å². The van der Waals surface area contributed by atoms with Crippen molar-refractivity contribution in [3.63, 3.8) is 0 Å². The van der Waals surface area contributed by atoms with Crippen LogP contribution in [0.3, 0.4) is 0 Å². The molecule has 3 N–H and O–H groups in total. The van der Waals surface area contributed by atoms with Crippen LogP contribution in [0.5, 0.6) is 5.75 Å². The van der Waals surface area contributed by atoms with Gasteiger partial charge < -0.3 is 20.5 Å². The standard InChI is InChI=1S/C23H29FN8O2/c1-14(33)5-3-8-31-13-16(11-26-31)30-7-4-6-15(12-30)21-28-22-17-9-18(24)20(34-2)10-19(17)27-23(25)32(22)29-21/h9-11,13-15,33H,3-8,12H2,1-2H3,(H2,25,27)/t14?,15-/m1/s1. The van der Waals surface area contributed by atoms with Crippen LogP contribution in [0.25, 0.3) is 16.6 Å². The number of fused-ring (bicyclic) bond motifs is 3. The summed E-state index contributed by atoms with van der Waals surface area (Å²) in [5, 5.41) is 19.1. The van der Waals surface area contributed by atoms with Gasteiger partial charge in [-0.2, -0.15) is 9.61 Å². The molecule has 0 amide bonds. The zero-order chi connectivity index (χ0) is 23.8. The molecular formula is C23H29FN8O2. The number of nitrogens with zero attached hydrogens (tertiary/aromatic N) is 7. The maximum Gasteiger partial charge on any atom is 0.223 e. The molecule has 1 aliphatic heterocycles. The van der Waals surface area contributed by atoms with Gasteiger partial charge in [-0.25, -0.2) is 14.4 Å². The Bertz CT molecular complexity index is 1320. The van der Waals surface area contributed by atoms with Crippen LogP contribution in [-0.2, 0) is 6.54 Å². The van der Waals surface area contributed by atoms with E-state index in [1.54, 1.807) is 6.92 Å². The first-order valence-electron chi connectivity index (χ1n) is 11.6. The van der Waals surface area contributed by atoms with Gasteiger partial charge in [0.2, 0.25) is 5.95 Å². The zero-order valence-corrected chi connectivity index (χ0v) is 19.4. The van der Waals surface area contributed by atoms with Gasteiger partial charge in [0.1, 0.15) is 0 Å². The van der Waals surface area contributed by atoms with Crippen molar-refractivity contribution in [3.8, 4) is 5.75 Å². The van der Waals surface area contributed by atoms with Gasteiger partial charge in [-0.15, -0.1) is 5.10 Å². The van der Waals surface area contributed by atoms with Gasteiger partial charge in [0, 0.05) is 43.2 Å². The van der Waals surface area contributed by atoms with E-state index in [-0.39, 0.29) is 23.7 Å². The molecule has 34 heavy (non-hydrogen) atoms. The van der Waals surface area contributed by atoms with Gasteiger partial charge in [0.05, 0.1) is 30.6 Å². The molecule has 1 fully saturated rings. The first kappa shape index (κ1) is 22.3. The number of rotatable bonds is 7. The number of hydrogen-bond acceptors (Lipinski definition) is 8. The van der Waals surface area contributed by atoms with Crippen LogP contribution >= 0.6 is 0 Å². The van der Waals surface area contributed by atoms with Crippen molar-refractivity contribution in [1.82, 2.24) is 29.4 Å². The predicted octanol–water partition coefficient (Wildman–Crippen LogP) is 2.75. The zero-order valence-electron chi connectivity index (χ0n) is 19.4. The second-order valence-corrected chi connectivity index (χ2v) is 8.92. The Balaban J connectivity index is 1.39. The number of benzene rings is 1. The Morgan fingerprint density at radius 1 is 1.32 bits per heavy atom. The van der Waals surface area contributed by atoms with E-state index in [0.717, 1.165) is 51.0 Å². The highest BCUT2D eigenvalue weighted by Gasteiger charge is 2.27. The third kappa shape index (κ3) is 4.23. The third-order valence-corrected chi connectivity index (χ3v) is 6.37. The number of nitrogens with two attached hydrogens (primary N) is 1. The maximum atomic E-state index is 14.4. The van der Waals surface area contributed by atoms with E-state index >= 15 is 0 Å². The van der Waals surface area contributed by atoms with Crippen molar-refractivity contribution < 1.29 is 14.2 Å². The van der Waals surface area contributed by atoms with E-state index < -0.39 is 5.82 Å². The second kappa shape index (κ2) is 9.05. The van der Waals surface area contributed by atoms with Crippen LogP contribution < -0.4 is 15.4 Å². The summed E-state index contributed by atoms with van der Waals surface area (Å²) in [5.41, 5.74) is 8.21. The molecule has 180 valence electrons. The molecule has 0 saturated carbocycles. The number of ether oxygens (including phenoxy) is 1. The molecule has 1 aromatic carbocycles. The number of halogens is 1. The summed E-state index contributed by atoms with van der Waals surface area (Å²) in [4.78, 5) is 11.4. The normalized spacial score (nSPS) is 17.5. The van der Waals surface area contributed by atoms with Crippen molar-refractivity contribution in [2.45, 2.75) is 51.2 Å². The first-order chi connectivity index (χ1) is 16.4. The lowest BCUT2D eigenvalue weighted by atomic mass is 9.97. The number of methoxy groups -OCH3 is 1. The van der Waals surface area contributed by atoms with Crippen molar-refractivity contribution in [1.29, 1.82) is 0 Å². The van der Waals surface area contributed by atoms with Crippen LogP contribution in [0.4, 0.5) is 16.0 Å². The van der Waals surface area contributed by atoms with Gasteiger partial charge >= 0.3 is 0 Å². The van der Waals surface area contributed by atoms with Gasteiger partial charge in [0.15, 0.2) is 23.0 Å². The van der Waals surface area contributed by atoms with Crippen molar-refractivity contribution in [2.24, 2.45) is 0 Å². The molecule has 5 rings (SSSR count). The first-order valence-corrected chi connectivity index (χ1v) is 11.6. The summed E-state index contributed by atoms with van der Waals surface area (Å²) in [5.74, 6) is 0.595. The highest BCUT2D eigenvalue weighted by Crippen LogP contribution is 2.31. The van der Waals surface area contributed by atoms with E-state index in [4.69, 9.17) is 15.5 Å². The average Bonchev–Trinajstić information content (AvgIpc) is 3.48. The summed E-state index contributed by atoms with van der Waals surface area (Å²) in [6.07, 6.45) is 7.21. The molecule has 0 spiro atoms. The van der Waals surface area contributed by atoms with Crippen LogP contribution in [-0.4, -0.2) is 60.8 Å². The molecule has 3 aromatic heterocycles. The molecule has 1 aliphatic rings. The number of aryl methyl sites for hydroxylation is 1. The lowest BCUT2D eigenvalue weighted by molar-refractivity contribution is 0.179. The minimum absolute atomic E-state index is 0.102. The Labute approximate surface area is 196 Å². The molecule has 10 nitrogen and oxygen atoms in total. The highest BCUT2D eigenvalue weighted by atomic mass is 19.1. The van der Waals surface area contributed by atoms with E-state index in [9.17, 15) is 9.50 Å². The van der Waals surface area contributed by atoms with Gasteiger partial charge in [0.25, 0.3) is 0 Å². The maximum absolute atomic E-state index is 14.4. The lowest BCUT2D eigenvalue weighted by Crippen LogP contribution is -2.34. The number of nitrogen functional groups attached to an aromatic ring is 1. The number of aliphatic hydroxyl groups excluding tert-OH is 1. The fraction of sp³-hybridized carbons (Fsp3) is 0.478. The molecule has 4 heterocycles. The topological polar surface area (TPSA) is 120 Å². The van der Waals surface area contributed by atoms with E-state index in [2.05, 4.69) is 20.1 Å². The number of piperidine rings is 1. The van der Waals surface area contributed by atoms with E-state index in [1.807, 2.05) is 17.1 Å². The van der Waals surface area contributed by atoms with E-state index in [0.29, 0.717) is 22.4 Å². The van der Waals surface area contributed by atoms with Crippen LogP contribution in [0.2, 0.25) is 0 Å². The smallest absolute Gasteiger partial charge is 0.223 e. The van der Waals surface area contributed by atoms with Gasteiger partial charge in [-0.1, -0.05) is 0 Å². The van der Waals surface area contributed by atoms with Crippen LogP contribution in [0.1, 0.15) is 44.3 Å². The molecule has 4 aromatic rings. The molecular weight excluding hydrogens is 439 g/mol. The lowest BCUT2D eigenvalue weighted by Gasteiger charge is -2.32. The highest BCUT2D eigenvalue weighted by molar-refractivity contribution is 5.93. The monoisotopic (exact) mass is 468 g/mol. The van der Waals surface area contributed by atoms with Crippen LogP contribution in [0, 0.1) is 5.82 Å². The fourth-order valence-electron chi connectivity index (χ4n) is 4.59. The quantitative estimate of drug-likeness (QED) is 0.425. The van der Waals surface area contributed by atoms with Crippen molar-refractivity contribution >= 4 is 28.2 Å². The molecule has 1 saturated heterocycles. The molecule has 1 unspecified atom stereocenters. The summed E-state index contributed by atoms with van der Waals surface area (Å²) < 4.78 is 22.9. The summed E-state index contributed by atoms with van der Waals surface area (Å²) >= 11 is 0. The Morgan fingerprint density at radius 2 is 2.18 bits per heavy atom. The number of anilines is 2. The second-order valence-electron chi connectivity index (χ2n) is 8.92. The minimum atomic E-state index is -0.484. The molecule has 0 aliphatic carbocycles. The Kier molecular flexibility index (Phi) is 5.94. The molecule has 0 bridgehead atoms. The van der Waals surface area contributed by atoms with E-state index in [1.165, 1.54) is 23.8 Å². The minimum Gasteiger partial charge on any atom is -0.494 e. The Morgan fingerprint density at radius 3 is 2.97 bits per heavy atom. The number of hydrogen-bond donors (Lipinski definition) is 2. The number of aliphatic hydroxyl groups is 1. The molecule has 11 heteroatoms. The average molecular weight is 469 g/mol. The van der Waals surface area contributed by atoms with Gasteiger partial charge in [-0.05, 0) is 38.7 Å². The molecule has 0 radical (unpaired) electrons. The predicted molar refractivity (Wildman–Crippen MR) is 127 cm³/mol. The summed E-state index contributed by atoms with van der Waals surface area (Å²) in [6.45, 7) is 4.26. The van der Waals surface area contributed by atoms with Crippen LogP contribution in [0.15, 0.2) is 24.5 Å². The summed E-state index contributed by atoms with van der Waals surface area (Å²) in [7, 11) is 1.41. The summed E-state index contributed by atoms with van der Waals surface area (Å²) in [6, 6.07) is 2.89. The number of aromatic nitrogens is 6. The van der Waals surface area contributed by atoms with Gasteiger partial charge in [-0.3, -0.25) is 4.68 Å². The third-order valence-electron chi connectivity index (χ3n) is 6.37. The van der Waals surface area contributed by atoms with Crippen molar-refractivity contribution in [3.05, 3.63) is 36.2 Å². The Hall–Kier alpha value is -3.47. The molecule has 2 atom stereocenters. The fourth-order valence-corrected chi connectivity index (χ4v) is 4.59.